The summed E-state index contributed by atoms with van der Waals surface area (Å²) in [5.41, 5.74) is -0.441. The maximum Gasteiger partial charge on any atom is 0.153 e. The van der Waals surface area contributed by atoms with Crippen LogP contribution in [-0.4, -0.2) is 11.4 Å². The van der Waals surface area contributed by atoms with Crippen molar-refractivity contribution in [2.75, 3.05) is 0 Å². The maximum atomic E-state index is 14.4. The maximum absolute atomic E-state index is 14.4. The third-order valence-electron chi connectivity index (χ3n) is 4.70. The Labute approximate surface area is 152 Å². The van der Waals surface area contributed by atoms with E-state index < -0.39 is 12.8 Å². The number of rotatable bonds is 9. The summed E-state index contributed by atoms with van der Waals surface area (Å²) in [7, 11) is -3.03. The lowest BCUT2D eigenvalue weighted by Gasteiger charge is -2.29. The third kappa shape index (κ3) is 4.50. The molecule has 0 spiro atoms. The first-order valence-corrected chi connectivity index (χ1v) is 11.0. The van der Waals surface area contributed by atoms with Crippen molar-refractivity contribution >= 4 is 23.5 Å². The smallest absolute Gasteiger partial charge is 0.153 e. The number of hydrogen-bond donors (Lipinski definition) is 0. The van der Waals surface area contributed by atoms with Crippen LogP contribution in [0.5, 0.6) is 0 Å². The van der Waals surface area contributed by atoms with Crippen LogP contribution in [0.15, 0.2) is 60.7 Å². The molecule has 0 fully saturated rings. The molecular weight excluding hydrogens is 327 g/mol. The molecule has 134 valence electrons. The molecule has 25 heavy (non-hydrogen) atoms. The van der Waals surface area contributed by atoms with Crippen molar-refractivity contribution < 1.29 is 9.36 Å². The van der Waals surface area contributed by atoms with Gasteiger partial charge in [0, 0.05) is 16.5 Å². The molecule has 0 saturated heterocycles. The van der Waals surface area contributed by atoms with Gasteiger partial charge in [-0.05, 0) is 6.42 Å². The molecule has 0 aliphatic rings. The minimum Gasteiger partial charge on any atom is -0.313 e. The van der Waals surface area contributed by atoms with E-state index in [0.717, 1.165) is 29.9 Å². The second-order valence-corrected chi connectivity index (χ2v) is 9.87. The first-order chi connectivity index (χ1) is 12.0. The van der Waals surface area contributed by atoms with Gasteiger partial charge >= 0.3 is 0 Å². The topological polar surface area (TPSA) is 34.1 Å². The van der Waals surface area contributed by atoms with E-state index in [1.165, 1.54) is 0 Å². The zero-order valence-corrected chi connectivity index (χ0v) is 16.4. The highest BCUT2D eigenvalue weighted by Crippen LogP contribution is 2.51. The molecule has 0 aliphatic carbocycles. The summed E-state index contributed by atoms with van der Waals surface area (Å²) in [5.74, 6) is -0.000446. The molecular formula is C22H29O2P. The Morgan fingerprint density at radius 2 is 1.36 bits per heavy atom. The Hall–Kier alpha value is -1.66. The molecule has 1 unspecified atom stereocenters. The van der Waals surface area contributed by atoms with Crippen LogP contribution in [0.25, 0.3) is 0 Å². The highest BCUT2D eigenvalue weighted by molar-refractivity contribution is 7.80. The monoisotopic (exact) mass is 356 g/mol. The number of unbranched alkanes of at least 4 members (excludes halogenated alkanes) is 2. The molecule has 0 saturated carbocycles. The summed E-state index contributed by atoms with van der Waals surface area (Å²) < 4.78 is 14.4. The van der Waals surface area contributed by atoms with Gasteiger partial charge < -0.3 is 4.57 Å². The van der Waals surface area contributed by atoms with E-state index >= 15 is 0 Å². The summed E-state index contributed by atoms with van der Waals surface area (Å²) in [6.45, 7) is 5.97. The first kappa shape index (κ1) is 19.7. The van der Waals surface area contributed by atoms with Gasteiger partial charge in [-0.2, -0.15) is 0 Å². The first-order valence-electron chi connectivity index (χ1n) is 9.26. The molecule has 0 bridgehead atoms. The molecule has 0 aliphatic heterocycles. The molecule has 1 atom stereocenters. The normalized spacial score (nSPS) is 13.0. The Bertz CT molecular complexity index is 664. The number of hydrogen-bond acceptors (Lipinski definition) is 2. The van der Waals surface area contributed by atoms with Gasteiger partial charge in [-0.1, -0.05) is 101 Å². The zero-order chi connectivity index (χ0) is 18.3. The lowest BCUT2D eigenvalue weighted by molar-refractivity contribution is -0.121. The van der Waals surface area contributed by atoms with Crippen molar-refractivity contribution in [3.05, 3.63) is 60.7 Å². The summed E-state index contributed by atoms with van der Waals surface area (Å²) in [6.07, 6.45) is 3.77. The molecule has 0 aromatic heterocycles. The Morgan fingerprint density at radius 3 is 1.76 bits per heavy atom. The Kier molecular flexibility index (Phi) is 7.20. The predicted octanol–water partition coefficient (Wildman–Crippen LogP) is 5.17. The zero-order valence-electron chi connectivity index (χ0n) is 15.5. The van der Waals surface area contributed by atoms with Crippen molar-refractivity contribution in [1.29, 1.82) is 0 Å². The second-order valence-electron chi connectivity index (χ2n) is 6.90. The van der Waals surface area contributed by atoms with E-state index in [9.17, 15) is 9.36 Å². The van der Waals surface area contributed by atoms with Crippen LogP contribution in [0.1, 0.15) is 46.5 Å². The highest BCUT2D eigenvalue weighted by Gasteiger charge is 2.41. The van der Waals surface area contributed by atoms with Crippen molar-refractivity contribution in [2.45, 2.75) is 52.1 Å². The number of carbonyl (C=O) groups is 1. The van der Waals surface area contributed by atoms with Gasteiger partial charge in [0.2, 0.25) is 0 Å². The van der Waals surface area contributed by atoms with E-state index in [0.29, 0.717) is 6.42 Å². The van der Waals surface area contributed by atoms with Gasteiger partial charge in [-0.25, -0.2) is 0 Å². The highest BCUT2D eigenvalue weighted by atomic mass is 31.2. The average Bonchev–Trinajstić information content (AvgIpc) is 2.65. The lowest BCUT2D eigenvalue weighted by Crippen LogP contribution is -2.34. The average molecular weight is 356 g/mol. The molecule has 2 aromatic carbocycles. The molecule has 2 rings (SSSR count). The lowest BCUT2D eigenvalue weighted by atomic mass is 10.0. The van der Waals surface area contributed by atoms with E-state index in [-0.39, 0.29) is 11.7 Å². The standard InChI is InChI=1S/C22H29O2P/c1-4-5-8-17-21(22(23)18(2)3)25(24,19-13-9-6-10-14-19)20-15-11-7-12-16-20/h6-7,9-16,18,21H,4-5,8,17H2,1-3H3. The SMILES string of the molecule is CCCCCC(C(=O)C(C)C)P(=O)(c1ccccc1)c1ccccc1. The van der Waals surface area contributed by atoms with Crippen LogP contribution in [-0.2, 0) is 9.36 Å². The largest absolute Gasteiger partial charge is 0.313 e. The van der Waals surface area contributed by atoms with Gasteiger partial charge in [-0.3, -0.25) is 4.79 Å². The van der Waals surface area contributed by atoms with Crippen LogP contribution < -0.4 is 10.6 Å². The van der Waals surface area contributed by atoms with Crippen molar-refractivity contribution in [2.24, 2.45) is 5.92 Å². The van der Waals surface area contributed by atoms with Gasteiger partial charge in [0.05, 0.1) is 5.66 Å². The number of carbonyl (C=O) groups excluding carboxylic acids is 1. The minimum absolute atomic E-state index is 0.118. The van der Waals surface area contributed by atoms with Crippen LogP contribution in [0, 0.1) is 5.92 Å². The molecule has 3 heteroatoms. The van der Waals surface area contributed by atoms with Crippen molar-refractivity contribution in [1.82, 2.24) is 0 Å². The van der Waals surface area contributed by atoms with Gasteiger partial charge in [0.25, 0.3) is 0 Å². The molecule has 0 radical (unpaired) electrons. The molecule has 2 nitrogen and oxygen atoms in total. The van der Waals surface area contributed by atoms with Crippen LogP contribution >= 0.6 is 7.14 Å². The number of benzene rings is 2. The fourth-order valence-corrected chi connectivity index (χ4v) is 6.73. The summed E-state index contributed by atoms with van der Waals surface area (Å²) in [6, 6.07) is 19.1. The Balaban J connectivity index is 2.58. The van der Waals surface area contributed by atoms with E-state index in [2.05, 4.69) is 6.92 Å². The van der Waals surface area contributed by atoms with Crippen LogP contribution in [0.3, 0.4) is 0 Å². The predicted molar refractivity (Wildman–Crippen MR) is 108 cm³/mol. The molecule has 2 aromatic rings. The molecule has 0 amide bonds. The molecule has 0 heterocycles. The van der Waals surface area contributed by atoms with E-state index in [4.69, 9.17) is 0 Å². The van der Waals surface area contributed by atoms with Gasteiger partial charge in [0.1, 0.15) is 5.78 Å². The fraction of sp³-hybridized carbons (Fsp3) is 0.409. The van der Waals surface area contributed by atoms with Crippen molar-refractivity contribution in [3.63, 3.8) is 0 Å². The fourth-order valence-electron chi connectivity index (χ4n) is 3.28. The number of ketones is 1. The molecule has 0 N–H and O–H groups in total. The van der Waals surface area contributed by atoms with Crippen molar-refractivity contribution in [3.8, 4) is 0 Å². The van der Waals surface area contributed by atoms with Crippen LogP contribution in [0.2, 0.25) is 0 Å². The quantitative estimate of drug-likeness (QED) is 0.458. The van der Waals surface area contributed by atoms with E-state index in [1.807, 2.05) is 74.5 Å². The Morgan fingerprint density at radius 1 is 0.880 bits per heavy atom. The minimum atomic E-state index is -3.03. The van der Waals surface area contributed by atoms with Crippen LogP contribution in [0.4, 0.5) is 0 Å². The number of Topliss-reactive ketones (excluding diaryl/α,β-unsaturated/α-hetero) is 1. The summed E-state index contributed by atoms with van der Waals surface area (Å²) >= 11 is 0. The van der Waals surface area contributed by atoms with Gasteiger partial charge in [-0.15, -0.1) is 0 Å². The summed E-state index contributed by atoms with van der Waals surface area (Å²) in [4.78, 5) is 13.1. The summed E-state index contributed by atoms with van der Waals surface area (Å²) in [5, 5.41) is 1.58. The second kappa shape index (κ2) is 9.15. The third-order valence-corrected chi connectivity index (χ3v) is 8.22. The van der Waals surface area contributed by atoms with E-state index in [1.54, 1.807) is 0 Å². The van der Waals surface area contributed by atoms with Gasteiger partial charge in [0.15, 0.2) is 7.14 Å².